The number of non-ortho nitro benzene ring substituents is 1. The Bertz CT molecular complexity index is 846. The van der Waals surface area contributed by atoms with Crippen LogP contribution in [-0.2, 0) is 6.54 Å². The third-order valence-corrected chi connectivity index (χ3v) is 4.88. The summed E-state index contributed by atoms with van der Waals surface area (Å²) in [7, 11) is 1.67. The first-order valence-electron chi connectivity index (χ1n) is 9.76. The SMILES string of the molecule is CCNC(=NCc1cccc([N+](=O)[O-])c1)N1CCN(c2ccc(OC)cc2)CC1. The lowest BCUT2D eigenvalue weighted by atomic mass is 10.2. The summed E-state index contributed by atoms with van der Waals surface area (Å²) in [6, 6.07) is 14.8. The Kier molecular flexibility index (Phi) is 6.89. The van der Waals surface area contributed by atoms with Gasteiger partial charge in [-0.25, -0.2) is 4.99 Å². The smallest absolute Gasteiger partial charge is 0.269 e. The van der Waals surface area contributed by atoms with E-state index in [4.69, 9.17) is 9.73 Å². The molecule has 0 radical (unpaired) electrons. The number of hydrogen-bond donors (Lipinski definition) is 1. The number of rotatable bonds is 6. The zero-order valence-electron chi connectivity index (χ0n) is 16.9. The number of benzene rings is 2. The van der Waals surface area contributed by atoms with Crippen molar-refractivity contribution in [2.45, 2.75) is 13.5 Å². The van der Waals surface area contributed by atoms with Crippen LogP contribution < -0.4 is 15.0 Å². The number of nitro benzene ring substituents is 1. The fourth-order valence-corrected chi connectivity index (χ4v) is 3.33. The van der Waals surface area contributed by atoms with Crippen LogP contribution >= 0.6 is 0 Å². The highest BCUT2D eigenvalue weighted by molar-refractivity contribution is 5.80. The summed E-state index contributed by atoms with van der Waals surface area (Å²) in [5.41, 5.74) is 2.10. The molecule has 1 saturated heterocycles. The van der Waals surface area contributed by atoms with Crippen LogP contribution in [0.1, 0.15) is 12.5 Å². The largest absolute Gasteiger partial charge is 0.497 e. The second-order valence-electron chi connectivity index (χ2n) is 6.77. The van der Waals surface area contributed by atoms with E-state index < -0.39 is 0 Å². The number of ether oxygens (including phenoxy) is 1. The predicted octanol–water partition coefficient (Wildman–Crippen LogP) is 2.89. The van der Waals surface area contributed by atoms with E-state index in [2.05, 4.69) is 27.2 Å². The van der Waals surface area contributed by atoms with E-state index in [0.717, 1.165) is 50.0 Å². The highest BCUT2D eigenvalue weighted by Gasteiger charge is 2.20. The van der Waals surface area contributed by atoms with Gasteiger partial charge in [0.25, 0.3) is 5.69 Å². The third kappa shape index (κ3) is 5.37. The van der Waals surface area contributed by atoms with Crippen LogP contribution in [0.3, 0.4) is 0 Å². The summed E-state index contributed by atoms with van der Waals surface area (Å²) in [4.78, 5) is 19.9. The fraction of sp³-hybridized carbons (Fsp3) is 0.381. The average molecular weight is 397 g/mol. The minimum atomic E-state index is -0.378. The maximum atomic E-state index is 11.0. The second kappa shape index (κ2) is 9.77. The highest BCUT2D eigenvalue weighted by Crippen LogP contribution is 2.20. The third-order valence-electron chi connectivity index (χ3n) is 4.88. The van der Waals surface area contributed by atoms with Gasteiger partial charge in [0.05, 0.1) is 18.6 Å². The van der Waals surface area contributed by atoms with Gasteiger partial charge in [0.2, 0.25) is 0 Å². The zero-order chi connectivity index (χ0) is 20.6. The molecule has 2 aromatic carbocycles. The summed E-state index contributed by atoms with van der Waals surface area (Å²) in [6.45, 7) is 6.71. The minimum Gasteiger partial charge on any atom is -0.497 e. The summed E-state index contributed by atoms with van der Waals surface area (Å²) in [5.74, 6) is 1.70. The molecule has 0 aromatic heterocycles. The Hall–Kier alpha value is -3.29. The van der Waals surface area contributed by atoms with Crippen LogP contribution in [0, 0.1) is 10.1 Å². The van der Waals surface area contributed by atoms with Crippen LogP contribution in [0.5, 0.6) is 5.75 Å². The van der Waals surface area contributed by atoms with Crippen molar-refractivity contribution in [3.63, 3.8) is 0 Å². The van der Waals surface area contributed by atoms with E-state index >= 15 is 0 Å². The molecule has 2 aromatic rings. The highest BCUT2D eigenvalue weighted by atomic mass is 16.6. The molecule has 1 N–H and O–H groups in total. The number of nitrogens with zero attached hydrogens (tertiary/aromatic N) is 4. The number of methoxy groups -OCH3 is 1. The van der Waals surface area contributed by atoms with Gasteiger partial charge in [-0.1, -0.05) is 12.1 Å². The minimum absolute atomic E-state index is 0.0933. The van der Waals surface area contributed by atoms with Gasteiger partial charge >= 0.3 is 0 Å². The lowest BCUT2D eigenvalue weighted by Gasteiger charge is -2.37. The Morgan fingerprint density at radius 2 is 1.90 bits per heavy atom. The molecule has 3 rings (SSSR count). The molecule has 8 nitrogen and oxygen atoms in total. The molecule has 154 valence electrons. The molecule has 1 aliphatic rings. The monoisotopic (exact) mass is 397 g/mol. The predicted molar refractivity (Wildman–Crippen MR) is 115 cm³/mol. The Balaban J connectivity index is 1.63. The van der Waals surface area contributed by atoms with E-state index in [1.165, 1.54) is 11.8 Å². The Labute approximate surface area is 170 Å². The zero-order valence-corrected chi connectivity index (χ0v) is 16.9. The van der Waals surface area contributed by atoms with Gasteiger partial charge in [0.15, 0.2) is 5.96 Å². The van der Waals surface area contributed by atoms with E-state index in [-0.39, 0.29) is 10.6 Å². The van der Waals surface area contributed by atoms with Gasteiger partial charge in [-0.15, -0.1) is 0 Å². The van der Waals surface area contributed by atoms with Crippen molar-refractivity contribution in [1.29, 1.82) is 0 Å². The number of aliphatic imine (C=N–C) groups is 1. The van der Waals surface area contributed by atoms with Crippen molar-refractivity contribution in [2.24, 2.45) is 4.99 Å². The lowest BCUT2D eigenvalue weighted by molar-refractivity contribution is -0.384. The van der Waals surface area contributed by atoms with Crippen molar-refractivity contribution >= 4 is 17.3 Å². The number of piperazine rings is 1. The van der Waals surface area contributed by atoms with Gasteiger partial charge in [-0.05, 0) is 36.8 Å². The number of nitrogens with one attached hydrogen (secondary N) is 1. The van der Waals surface area contributed by atoms with E-state index in [1.54, 1.807) is 19.2 Å². The van der Waals surface area contributed by atoms with Gasteiger partial charge in [0.1, 0.15) is 5.75 Å². The van der Waals surface area contributed by atoms with Crippen molar-refractivity contribution in [3.8, 4) is 5.75 Å². The maximum absolute atomic E-state index is 11.0. The lowest BCUT2D eigenvalue weighted by Crippen LogP contribution is -2.52. The van der Waals surface area contributed by atoms with Crippen LogP contribution in [0.4, 0.5) is 11.4 Å². The summed E-state index contributed by atoms with van der Waals surface area (Å²) in [6.07, 6.45) is 0. The summed E-state index contributed by atoms with van der Waals surface area (Å²) < 4.78 is 5.23. The maximum Gasteiger partial charge on any atom is 0.269 e. The van der Waals surface area contributed by atoms with Crippen molar-refractivity contribution < 1.29 is 9.66 Å². The van der Waals surface area contributed by atoms with Crippen molar-refractivity contribution in [2.75, 3.05) is 44.7 Å². The number of hydrogen-bond acceptors (Lipinski definition) is 5. The molecule has 0 aliphatic carbocycles. The van der Waals surface area contributed by atoms with Gasteiger partial charge in [-0.3, -0.25) is 10.1 Å². The number of nitro groups is 1. The Morgan fingerprint density at radius 3 is 2.52 bits per heavy atom. The molecule has 0 unspecified atom stereocenters. The fourth-order valence-electron chi connectivity index (χ4n) is 3.33. The molecular formula is C21H27N5O3. The Morgan fingerprint density at radius 1 is 1.17 bits per heavy atom. The van der Waals surface area contributed by atoms with Gasteiger partial charge < -0.3 is 19.9 Å². The molecule has 8 heteroatoms. The molecule has 0 saturated carbocycles. The van der Waals surface area contributed by atoms with Crippen molar-refractivity contribution in [1.82, 2.24) is 10.2 Å². The normalized spacial score (nSPS) is 14.6. The van der Waals surface area contributed by atoms with Crippen LogP contribution in [0.25, 0.3) is 0 Å². The van der Waals surface area contributed by atoms with Gasteiger partial charge in [-0.2, -0.15) is 0 Å². The molecular weight excluding hydrogens is 370 g/mol. The quantitative estimate of drug-likeness (QED) is 0.349. The van der Waals surface area contributed by atoms with Crippen LogP contribution in [-0.4, -0.2) is 55.6 Å². The standard InChI is InChI=1S/C21H27N5O3/c1-3-22-21(23-16-17-5-4-6-19(15-17)26(27)28)25-13-11-24(12-14-25)18-7-9-20(29-2)10-8-18/h4-10,15H,3,11-14,16H2,1-2H3,(H,22,23). The first-order valence-corrected chi connectivity index (χ1v) is 9.76. The molecule has 1 fully saturated rings. The van der Waals surface area contributed by atoms with E-state index in [1.807, 2.05) is 25.1 Å². The van der Waals surface area contributed by atoms with E-state index in [0.29, 0.717) is 6.54 Å². The molecule has 29 heavy (non-hydrogen) atoms. The molecule has 0 spiro atoms. The first-order chi connectivity index (χ1) is 14.1. The average Bonchev–Trinajstić information content (AvgIpc) is 2.77. The van der Waals surface area contributed by atoms with Crippen LogP contribution in [0.2, 0.25) is 0 Å². The molecule has 0 atom stereocenters. The topological polar surface area (TPSA) is 83.2 Å². The van der Waals surface area contributed by atoms with Crippen molar-refractivity contribution in [3.05, 3.63) is 64.2 Å². The molecule has 1 aliphatic heterocycles. The van der Waals surface area contributed by atoms with E-state index in [9.17, 15) is 10.1 Å². The number of guanidine groups is 1. The second-order valence-corrected chi connectivity index (χ2v) is 6.77. The summed E-state index contributed by atoms with van der Waals surface area (Å²) in [5, 5.41) is 14.3. The summed E-state index contributed by atoms with van der Waals surface area (Å²) >= 11 is 0. The first kappa shape index (κ1) is 20.4. The molecule has 1 heterocycles. The van der Waals surface area contributed by atoms with Crippen LogP contribution in [0.15, 0.2) is 53.5 Å². The van der Waals surface area contributed by atoms with Gasteiger partial charge in [0, 0.05) is 50.5 Å². The molecule has 0 amide bonds. The number of anilines is 1. The molecule has 0 bridgehead atoms.